The first-order chi connectivity index (χ1) is 8.56. The molecule has 2 aromatic rings. The molecular weight excluding hydrogens is 320 g/mol. The predicted octanol–water partition coefficient (Wildman–Crippen LogP) is 1.65. The van der Waals surface area contributed by atoms with Crippen molar-refractivity contribution >= 4 is 44.2 Å². The monoisotopic (exact) mass is 326 g/mol. The molecule has 0 unspecified atom stereocenters. The maximum Gasteiger partial charge on any atom is 0.268 e. The number of thiazole rings is 1. The standard InChI is InChI=1S/C10H7BrN4O2S/c11-6-1-5(2-13-3-6)9(17)15-10-14-7(4-18-10)8(12)16/h1-4H,(H2,12,16)(H,14,15,17). The lowest BCUT2D eigenvalue weighted by atomic mass is 10.3. The fraction of sp³-hybridized carbons (Fsp3) is 0. The van der Waals surface area contributed by atoms with Gasteiger partial charge in [-0.1, -0.05) is 0 Å². The molecule has 3 N–H and O–H groups in total. The number of carbonyl (C=O) groups is 2. The van der Waals surface area contributed by atoms with Crippen molar-refractivity contribution in [2.45, 2.75) is 0 Å². The summed E-state index contributed by atoms with van der Waals surface area (Å²) in [6.07, 6.45) is 3.01. The molecular formula is C10H7BrN4O2S. The average Bonchev–Trinajstić information content (AvgIpc) is 2.77. The number of nitrogens with two attached hydrogens (primary N) is 1. The summed E-state index contributed by atoms with van der Waals surface area (Å²) < 4.78 is 0.701. The van der Waals surface area contributed by atoms with Crippen LogP contribution in [0.3, 0.4) is 0 Å². The highest BCUT2D eigenvalue weighted by molar-refractivity contribution is 9.10. The van der Waals surface area contributed by atoms with E-state index < -0.39 is 5.91 Å². The first kappa shape index (κ1) is 12.7. The number of rotatable bonds is 3. The minimum absolute atomic E-state index is 0.127. The lowest BCUT2D eigenvalue weighted by Crippen LogP contribution is -2.14. The second kappa shape index (κ2) is 5.23. The van der Waals surface area contributed by atoms with Crippen LogP contribution < -0.4 is 11.1 Å². The van der Waals surface area contributed by atoms with E-state index in [1.807, 2.05) is 0 Å². The molecule has 0 aliphatic heterocycles. The van der Waals surface area contributed by atoms with Gasteiger partial charge < -0.3 is 5.73 Å². The molecule has 0 bridgehead atoms. The Morgan fingerprint density at radius 3 is 2.78 bits per heavy atom. The van der Waals surface area contributed by atoms with Crippen LogP contribution >= 0.6 is 27.3 Å². The molecule has 0 aliphatic carbocycles. The van der Waals surface area contributed by atoms with E-state index in [0.717, 1.165) is 11.3 Å². The third-order valence-electron chi connectivity index (χ3n) is 1.94. The van der Waals surface area contributed by atoms with Crippen LogP contribution in [0, 0.1) is 0 Å². The highest BCUT2D eigenvalue weighted by Crippen LogP contribution is 2.17. The number of hydrogen-bond acceptors (Lipinski definition) is 5. The van der Waals surface area contributed by atoms with E-state index in [9.17, 15) is 9.59 Å². The first-order valence-electron chi connectivity index (χ1n) is 4.73. The van der Waals surface area contributed by atoms with Crippen molar-refractivity contribution < 1.29 is 9.59 Å². The van der Waals surface area contributed by atoms with E-state index in [2.05, 4.69) is 31.2 Å². The third kappa shape index (κ3) is 2.90. The maximum atomic E-state index is 11.8. The lowest BCUT2D eigenvalue weighted by Gasteiger charge is -2.01. The van der Waals surface area contributed by atoms with Gasteiger partial charge in [-0.3, -0.25) is 19.9 Å². The van der Waals surface area contributed by atoms with Crippen LogP contribution in [-0.4, -0.2) is 21.8 Å². The zero-order valence-corrected chi connectivity index (χ0v) is 11.3. The molecule has 0 aliphatic rings. The summed E-state index contributed by atoms with van der Waals surface area (Å²) in [7, 11) is 0. The highest BCUT2D eigenvalue weighted by Gasteiger charge is 2.11. The Hall–Kier alpha value is -1.80. The van der Waals surface area contributed by atoms with Gasteiger partial charge >= 0.3 is 0 Å². The first-order valence-corrected chi connectivity index (χ1v) is 6.41. The van der Waals surface area contributed by atoms with Crippen LogP contribution in [-0.2, 0) is 0 Å². The molecule has 18 heavy (non-hydrogen) atoms. The van der Waals surface area contributed by atoms with Crippen LogP contribution in [0.5, 0.6) is 0 Å². The fourth-order valence-corrected chi connectivity index (χ4v) is 2.21. The summed E-state index contributed by atoms with van der Waals surface area (Å²) in [5, 5.41) is 4.36. The van der Waals surface area contributed by atoms with Gasteiger partial charge in [0.15, 0.2) is 5.13 Å². The number of nitrogens with one attached hydrogen (secondary N) is 1. The molecule has 0 fully saturated rings. The molecule has 2 amide bonds. The zero-order chi connectivity index (χ0) is 13.1. The van der Waals surface area contributed by atoms with Crippen molar-refractivity contribution in [2.24, 2.45) is 5.73 Å². The summed E-state index contributed by atoms with van der Waals surface area (Å²) >= 11 is 4.35. The van der Waals surface area contributed by atoms with Gasteiger partial charge in [-0.25, -0.2) is 4.98 Å². The molecule has 8 heteroatoms. The Morgan fingerprint density at radius 2 is 2.17 bits per heavy atom. The Kier molecular flexibility index (Phi) is 3.68. The Bertz CT molecular complexity index is 613. The minimum Gasteiger partial charge on any atom is -0.364 e. The average molecular weight is 327 g/mol. The van der Waals surface area contributed by atoms with Crippen molar-refractivity contribution in [1.82, 2.24) is 9.97 Å². The fourth-order valence-electron chi connectivity index (χ4n) is 1.15. The summed E-state index contributed by atoms with van der Waals surface area (Å²) in [6.45, 7) is 0. The van der Waals surface area contributed by atoms with Gasteiger partial charge in [0.05, 0.1) is 5.56 Å². The SMILES string of the molecule is NC(=O)c1csc(NC(=O)c2cncc(Br)c2)n1. The minimum atomic E-state index is -0.629. The largest absolute Gasteiger partial charge is 0.364 e. The van der Waals surface area contributed by atoms with E-state index in [0.29, 0.717) is 15.2 Å². The summed E-state index contributed by atoms with van der Waals surface area (Å²) in [4.78, 5) is 30.4. The highest BCUT2D eigenvalue weighted by atomic mass is 79.9. The molecule has 2 heterocycles. The number of pyridine rings is 1. The number of halogens is 1. The van der Waals surface area contributed by atoms with E-state index in [1.165, 1.54) is 11.6 Å². The molecule has 0 saturated heterocycles. The van der Waals surface area contributed by atoms with Gasteiger partial charge in [0.2, 0.25) is 0 Å². The molecule has 0 saturated carbocycles. The number of nitrogens with zero attached hydrogens (tertiary/aromatic N) is 2. The third-order valence-corrected chi connectivity index (χ3v) is 3.14. The normalized spacial score (nSPS) is 10.1. The molecule has 2 aromatic heterocycles. The number of anilines is 1. The summed E-state index contributed by atoms with van der Waals surface area (Å²) in [5.41, 5.74) is 5.58. The van der Waals surface area contributed by atoms with Gasteiger partial charge in [-0.15, -0.1) is 11.3 Å². The van der Waals surface area contributed by atoms with Gasteiger partial charge in [-0.05, 0) is 22.0 Å². The number of hydrogen-bond donors (Lipinski definition) is 2. The number of amides is 2. The topological polar surface area (TPSA) is 98.0 Å². The Morgan fingerprint density at radius 1 is 1.39 bits per heavy atom. The number of carbonyl (C=O) groups excluding carboxylic acids is 2. The molecule has 0 atom stereocenters. The Balaban J connectivity index is 2.13. The van der Waals surface area contributed by atoms with Crippen LogP contribution in [0.4, 0.5) is 5.13 Å². The van der Waals surface area contributed by atoms with E-state index in [1.54, 1.807) is 12.3 Å². The number of primary amides is 1. The second-order valence-electron chi connectivity index (χ2n) is 3.25. The van der Waals surface area contributed by atoms with Crippen molar-refractivity contribution in [3.05, 3.63) is 39.6 Å². The van der Waals surface area contributed by atoms with E-state index in [4.69, 9.17) is 5.73 Å². The maximum absolute atomic E-state index is 11.8. The number of aromatic nitrogens is 2. The van der Waals surface area contributed by atoms with Crippen LogP contribution in [0.25, 0.3) is 0 Å². The van der Waals surface area contributed by atoms with E-state index >= 15 is 0 Å². The predicted molar refractivity (Wildman–Crippen MR) is 70.5 cm³/mol. The van der Waals surface area contributed by atoms with Gasteiger partial charge in [0, 0.05) is 22.2 Å². The Labute approximate surface area is 114 Å². The molecule has 0 aromatic carbocycles. The molecule has 0 radical (unpaired) electrons. The van der Waals surface area contributed by atoms with Gasteiger partial charge in [-0.2, -0.15) is 0 Å². The smallest absolute Gasteiger partial charge is 0.268 e. The van der Waals surface area contributed by atoms with Crippen molar-refractivity contribution in [1.29, 1.82) is 0 Å². The molecule has 92 valence electrons. The quantitative estimate of drug-likeness (QED) is 0.895. The second-order valence-corrected chi connectivity index (χ2v) is 5.02. The lowest BCUT2D eigenvalue weighted by molar-refractivity contribution is 0.0992. The molecule has 6 nitrogen and oxygen atoms in total. The van der Waals surface area contributed by atoms with Gasteiger partial charge in [0.1, 0.15) is 5.69 Å². The van der Waals surface area contributed by atoms with Crippen molar-refractivity contribution in [3.63, 3.8) is 0 Å². The van der Waals surface area contributed by atoms with Crippen LogP contribution in [0.15, 0.2) is 28.3 Å². The summed E-state index contributed by atoms with van der Waals surface area (Å²) in [6, 6.07) is 1.63. The van der Waals surface area contributed by atoms with E-state index in [-0.39, 0.29) is 11.6 Å². The van der Waals surface area contributed by atoms with Crippen LogP contribution in [0.2, 0.25) is 0 Å². The van der Waals surface area contributed by atoms with Gasteiger partial charge in [0.25, 0.3) is 11.8 Å². The zero-order valence-electron chi connectivity index (χ0n) is 8.88. The molecule has 2 rings (SSSR count). The van der Waals surface area contributed by atoms with Crippen LogP contribution in [0.1, 0.15) is 20.8 Å². The van der Waals surface area contributed by atoms with Crippen molar-refractivity contribution in [2.75, 3.05) is 5.32 Å². The van der Waals surface area contributed by atoms with Crippen molar-refractivity contribution in [3.8, 4) is 0 Å². The summed E-state index contributed by atoms with van der Waals surface area (Å²) in [5.74, 6) is -0.981. The molecule has 0 spiro atoms.